The van der Waals surface area contributed by atoms with Crippen molar-refractivity contribution in [3.8, 4) is 5.75 Å². The Kier molecular flexibility index (Phi) is 2.73. The molecule has 1 saturated heterocycles. The van der Waals surface area contributed by atoms with Gasteiger partial charge in [-0.25, -0.2) is 4.98 Å². The van der Waals surface area contributed by atoms with E-state index in [1.54, 1.807) is 18.3 Å². The minimum atomic E-state index is 0.282. The highest BCUT2D eigenvalue weighted by Gasteiger charge is 2.16. The van der Waals surface area contributed by atoms with E-state index >= 15 is 0 Å². The molecule has 1 aliphatic heterocycles. The average molecular weight is 232 g/mol. The number of rotatable bonds is 2. The Hall–Kier alpha value is -1.55. The normalized spacial score (nSPS) is 20.8. The van der Waals surface area contributed by atoms with E-state index in [0.29, 0.717) is 5.92 Å². The molecule has 0 radical (unpaired) electrons. The first-order valence-electron chi connectivity index (χ1n) is 6.05. The first-order chi connectivity index (χ1) is 8.33. The standard InChI is InChI=1S/C13H16N2O2/c16-12-3-4-15-11(7-12)8-14-13(15)6-10-2-1-5-17-9-10/h3-4,7-8,10,16H,1-2,5-6,9H2. The smallest absolute Gasteiger partial charge is 0.119 e. The second kappa shape index (κ2) is 4.37. The van der Waals surface area contributed by atoms with E-state index in [0.717, 1.165) is 37.4 Å². The molecule has 0 spiro atoms. The molecule has 4 heteroatoms. The van der Waals surface area contributed by atoms with Gasteiger partial charge in [-0.05, 0) is 24.8 Å². The van der Waals surface area contributed by atoms with Crippen molar-refractivity contribution < 1.29 is 9.84 Å². The highest BCUT2D eigenvalue weighted by Crippen LogP contribution is 2.20. The van der Waals surface area contributed by atoms with Crippen LogP contribution in [-0.2, 0) is 11.2 Å². The molecule has 17 heavy (non-hydrogen) atoms. The molecule has 0 aromatic carbocycles. The summed E-state index contributed by atoms with van der Waals surface area (Å²) < 4.78 is 7.52. The third kappa shape index (κ3) is 2.13. The van der Waals surface area contributed by atoms with Crippen LogP contribution in [-0.4, -0.2) is 27.7 Å². The lowest BCUT2D eigenvalue weighted by Gasteiger charge is -2.21. The number of hydrogen-bond acceptors (Lipinski definition) is 3. The Morgan fingerprint density at radius 3 is 3.29 bits per heavy atom. The van der Waals surface area contributed by atoms with Crippen LogP contribution in [0.2, 0.25) is 0 Å². The van der Waals surface area contributed by atoms with Gasteiger partial charge in [0.05, 0.1) is 11.7 Å². The molecule has 0 saturated carbocycles. The zero-order valence-electron chi connectivity index (χ0n) is 9.67. The molecule has 0 amide bonds. The van der Waals surface area contributed by atoms with Crippen molar-refractivity contribution >= 4 is 5.52 Å². The minimum Gasteiger partial charge on any atom is -0.508 e. The number of fused-ring (bicyclic) bond motifs is 1. The van der Waals surface area contributed by atoms with Crippen LogP contribution in [0, 0.1) is 5.92 Å². The number of nitrogens with zero attached hydrogens (tertiary/aromatic N) is 2. The third-order valence-corrected chi connectivity index (χ3v) is 3.32. The topological polar surface area (TPSA) is 46.8 Å². The van der Waals surface area contributed by atoms with Crippen molar-refractivity contribution in [2.45, 2.75) is 19.3 Å². The van der Waals surface area contributed by atoms with E-state index in [1.165, 1.54) is 6.42 Å². The fourth-order valence-corrected chi connectivity index (χ4v) is 2.42. The number of ether oxygens (including phenoxy) is 1. The predicted octanol–water partition coefficient (Wildman–Crippen LogP) is 2.01. The second-order valence-electron chi connectivity index (χ2n) is 4.64. The Bertz CT molecular complexity index is 515. The second-order valence-corrected chi connectivity index (χ2v) is 4.64. The SMILES string of the molecule is Oc1ccn2c(CC3CCCOC3)ncc2c1. The van der Waals surface area contributed by atoms with Crippen LogP contribution in [0.3, 0.4) is 0 Å². The van der Waals surface area contributed by atoms with Crippen LogP contribution >= 0.6 is 0 Å². The van der Waals surface area contributed by atoms with Crippen LogP contribution in [0.5, 0.6) is 5.75 Å². The Morgan fingerprint density at radius 1 is 1.53 bits per heavy atom. The Morgan fingerprint density at radius 2 is 2.47 bits per heavy atom. The highest BCUT2D eigenvalue weighted by atomic mass is 16.5. The van der Waals surface area contributed by atoms with Crippen molar-refractivity contribution in [3.63, 3.8) is 0 Å². The maximum absolute atomic E-state index is 9.40. The van der Waals surface area contributed by atoms with Crippen molar-refractivity contribution in [2.24, 2.45) is 5.92 Å². The van der Waals surface area contributed by atoms with E-state index in [9.17, 15) is 5.11 Å². The van der Waals surface area contributed by atoms with Gasteiger partial charge in [0.1, 0.15) is 11.6 Å². The fraction of sp³-hybridized carbons (Fsp3) is 0.462. The maximum atomic E-state index is 9.40. The molecule has 0 aliphatic carbocycles. The van der Waals surface area contributed by atoms with E-state index in [4.69, 9.17) is 4.74 Å². The summed E-state index contributed by atoms with van der Waals surface area (Å²) in [5.74, 6) is 1.91. The average Bonchev–Trinajstić information content (AvgIpc) is 2.73. The zero-order valence-corrected chi connectivity index (χ0v) is 9.67. The van der Waals surface area contributed by atoms with Crippen molar-refractivity contribution in [2.75, 3.05) is 13.2 Å². The molecule has 4 nitrogen and oxygen atoms in total. The summed E-state index contributed by atoms with van der Waals surface area (Å²) >= 11 is 0. The number of imidazole rings is 1. The number of pyridine rings is 1. The van der Waals surface area contributed by atoms with E-state index in [1.807, 2.05) is 10.6 Å². The summed E-state index contributed by atoms with van der Waals surface area (Å²) in [4.78, 5) is 4.43. The lowest BCUT2D eigenvalue weighted by molar-refractivity contribution is 0.0542. The number of aromatic nitrogens is 2. The summed E-state index contributed by atoms with van der Waals surface area (Å²) in [5.41, 5.74) is 0.941. The largest absolute Gasteiger partial charge is 0.508 e. The third-order valence-electron chi connectivity index (χ3n) is 3.32. The maximum Gasteiger partial charge on any atom is 0.119 e. The molecule has 2 aromatic rings. The quantitative estimate of drug-likeness (QED) is 0.861. The predicted molar refractivity (Wildman–Crippen MR) is 64.1 cm³/mol. The summed E-state index contributed by atoms with van der Waals surface area (Å²) in [7, 11) is 0. The molecule has 90 valence electrons. The van der Waals surface area contributed by atoms with Gasteiger partial charge in [0, 0.05) is 31.9 Å². The first-order valence-corrected chi connectivity index (χ1v) is 6.05. The van der Waals surface area contributed by atoms with Crippen molar-refractivity contribution in [3.05, 3.63) is 30.4 Å². The molecule has 3 heterocycles. The van der Waals surface area contributed by atoms with Gasteiger partial charge in [0.2, 0.25) is 0 Å². The summed E-state index contributed by atoms with van der Waals surface area (Å²) in [6.07, 6.45) is 6.98. The Balaban J connectivity index is 1.84. The summed E-state index contributed by atoms with van der Waals surface area (Å²) in [6, 6.07) is 3.42. The molecular weight excluding hydrogens is 216 g/mol. The summed E-state index contributed by atoms with van der Waals surface area (Å²) in [5, 5.41) is 9.40. The van der Waals surface area contributed by atoms with E-state index in [2.05, 4.69) is 4.98 Å². The monoisotopic (exact) mass is 232 g/mol. The Labute approximate surface area is 99.9 Å². The van der Waals surface area contributed by atoms with Crippen LogP contribution in [0.4, 0.5) is 0 Å². The molecule has 1 unspecified atom stereocenters. The van der Waals surface area contributed by atoms with Gasteiger partial charge in [-0.2, -0.15) is 0 Å². The summed E-state index contributed by atoms with van der Waals surface area (Å²) in [6.45, 7) is 1.74. The van der Waals surface area contributed by atoms with Crippen LogP contribution < -0.4 is 0 Å². The molecule has 2 aromatic heterocycles. The molecule has 1 N–H and O–H groups in total. The van der Waals surface area contributed by atoms with Gasteiger partial charge in [0.25, 0.3) is 0 Å². The molecule has 1 atom stereocenters. The molecule has 1 fully saturated rings. The van der Waals surface area contributed by atoms with Gasteiger partial charge in [-0.3, -0.25) is 0 Å². The van der Waals surface area contributed by atoms with Crippen LogP contribution in [0.1, 0.15) is 18.7 Å². The highest BCUT2D eigenvalue weighted by molar-refractivity contribution is 5.50. The molecule has 1 aliphatic rings. The van der Waals surface area contributed by atoms with Gasteiger partial charge in [-0.1, -0.05) is 0 Å². The molecule has 3 rings (SSSR count). The van der Waals surface area contributed by atoms with Gasteiger partial charge >= 0.3 is 0 Å². The zero-order chi connectivity index (χ0) is 11.7. The number of hydrogen-bond donors (Lipinski definition) is 1. The lowest BCUT2D eigenvalue weighted by atomic mass is 9.98. The van der Waals surface area contributed by atoms with Crippen LogP contribution in [0.25, 0.3) is 5.52 Å². The number of aromatic hydroxyl groups is 1. The van der Waals surface area contributed by atoms with Crippen molar-refractivity contribution in [1.29, 1.82) is 0 Å². The lowest BCUT2D eigenvalue weighted by Crippen LogP contribution is -2.20. The van der Waals surface area contributed by atoms with E-state index < -0.39 is 0 Å². The van der Waals surface area contributed by atoms with E-state index in [-0.39, 0.29) is 5.75 Å². The van der Waals surface area contributed by atoms with Gasteiger partial charge in [-0.15, -0.1) is 0 Å². The van der Waals surface area contributed by atoms with Crippen molar-refractivity contribution in [1.82, 2.24) is 9.38 Å². The minimum absolute atomic E-state index is 0.282. The first kappa shape index (κ1) is 10.6. The fourth-order valence-electron chi connectivity index (χ4n) is 2.42. The van der Waals surface area contributed by atoms with Gasteiger partial charge in [0.15, 0.2) is 0 Å². The molecular formula is C13H16N2O2. The molecule has 0 bridgehead atoms. The van der Waals surface area contributed by atoms with Crippen LogP contribution in [0.15, 0.2) is 24.5 Å². The van der Waals surface area contributed by atoms with Gasteiger partial charge < -0.3 is 14.2 Å².